The van der Waals surface area contributed by atoms with Gasteiger partial charge in [0.2, 0.25) is 0 Å². The lowest BCUT2D eigenvalue weighted by atomic mass is 10.3. The molecule has 82 valence electrons. The molecule has 0 unspecified atom stereocenters. The smallest absolute Gasteiger partial charge is 0.253 e. The molecule has 6 heteroatoms. The molecule has 1 aromatic heterocycles. The van der Waals surface area contributed by atoms with Crippen molar-refractivity contribution in [1.82, 2.24) is 9.55 Å². The van der Waals surface area contributed by atoms with Crippen molar-refractivity contribution >= 4 is 18.0 Å². The third kappa shape index (κ3) is 1.74. The SMILES string of the molecule is Nc1cc(=O)[nH]c(=S)n1-c1ccccc1F. The molecule has 0 amide bonds. The van der Waals surface area contributed by atoms with Gasteiger partial charge in [0.05, 0.1) is 5.69 Å². The van der Waals surface area contributed by atoms with E-state index in [1.165, 1.54) is 16.7 Å². The predicted octanol–water partition coefficient (Wildman–Crippen LogP) is 1.62. The molecule has 0 fully saturated rings. The first-order valence-electron chi connectivity index (χ1n) is 4.46. The average Bonchev–Trinajstić information content (AvgIpc) is 2.19. The fourth-order valence-corrected chi connectivity index (χ4v) is 1.70. The molecule has 0 aliphatic carbocycles. The molecule has 16 heavy (non-hydrogen) atoms. The first kappa shape index (κ1) is 10.6. The van der Waals surface area contributed by atoms with Crippen LogP contribution >= 0.6 is 12.2 Å². The zero-order valence-electron chi connectivity index (χ0n) is 8.11. The van der Waals surface area contributed by atoms with Gasteiger partial charge in [-0.15, -0.1) is 0 Å². The summed E-state index contributed by atoms with van der Waals surface area (Å²) in [4.78, 5) is 13.5. The summed E-state index contributed by atoms with van der Waals surface area (Å²) < 4.78 is 14.9. The molecule has 0 aliphatic heterocycles. The first-order chi connectivity index (χ1) is 7.59. The van der Waals surface area contributed by atoms with Crippen LogP contribution in [-0.2, 0) is 0 Å². The monoisotopic (exact) mass is 237 g/mol. The van der Waals surface area contributed by atoms with E-state index in [2.05, 4.69) is 4.98 Å². The van der Waals surface area contributed by atoms with Crippen molar-refractivity contribution in [2.75, 3.05) is 5.73 Å². The third-order valence-electron chi connectivity index (χ3n) is 2.06. The summed E-state index contributed by atoms with van der Waals surface area (Å²) in [6, 6.07) is 7.19. The second-order valence-corrected chi connectivity index (χ2v) is 3.54. The quantitative estimate of drug-likeness (QED) is 0.741. The Kier molecular flexibility index (Phi) is 2.57. The molecule has 0 radical (unpaired) electrons. The van der Waals surface area contributed by atoms with E-state index in [0.29, 0.717) is 0 Å². The van der Waals surface area contributed by atoms with Crippen LogP contribution in [0.5, 0.6) is 0 Å². The lowest BCUT2D eigenvalue weighted by Crippen LogP contribution is -2.15. The Bertz CT molecular complexity index is 647. The molecule has 0 aliphatic rings. The fraction of sp³-hybridized carbons (Fsp3) is 0. The fourth-order valence-electron chi connectivity index (χ4n) is 1.40. The molecule has 0 saturated carbocycles. The number of halogens is 1. The van der Waals surface area contributed by atoms with Crippen molar-refractivity contribution in [3.8, 4) is 5.69 Å². The van der Waals surface area contributed by atoms with E-state index < -0.39 is 11.4 Å². The predicted molar refractivity (Wildman–Crippen MR) is 61.6 cm³/mol. The summed E-state index contributed by atoms with van der Waals surface area (Å²) >= 11 is 4.93. The van der Waals surface area contributed by atoms with Gasteiger partial charge in [0.25, 0.3) is 5.56 Å². The van der Waals surface area contributed by atoms with E-state index in [0.717, 1.165) is 6.07 Å². The maximum absolute atomic E-state index is 13.5. The minimum absolute atomic E-state index is 0.0649. The van der Waals surface area contributed by atoms with E-state index >= 15 is 0 Å². The van der Waals surface area contributed by atoms with Crippen molar-refractivity contribution in [2.45, 2.75) is 0 Å². The average molecular weight is 237 g/mol. The lowest BCUT2D eigenvalue weighted by Gasteiger charge is -2.10. The van der Waals surface area contributed by atoms with Crippen molar-refractivity contribution in [3.05, 3.63) is 51.3 Å². The molecule has 0 spiro atoms. The summed E-state index contributed by atoms with van der Waals surface area (Å²) in [5.74, 6) is -0.365. The molecule has 2 aromatic rings. The molecule has 0 bridgehead atoms. The third-order valence-corrected chi connectivity index (χ3v) is 2.35. The van der Waals surface area contributed by atoms with Crippen LogP contribution in [0.1, 0.15) is 0 Å². The van der Waals surface area contributed by atoms with Crippen LogP contribution in [0.15, 0.2) is 35.1 Å². The van der Waals surface area contributed by atoms with Gasteiger partial charge in [0, 0.05) is 6.07 Å². The summed E-state index contributed by atoms with van der Waals surface area (Å²) in [5.41, 5.74) is 5.43. The van der Waals surface area contributed by atoms with Gasteiger partial charge in [0.15, 0.2) is 4.77 Å². The molecule has 1 heterocycles. The highest BCUT2D eigenvalue weighted by molar-refractivity contribution is 7.71. The van der Waals surface area contributed by atoms with E-state index in [1.54, 1.807) is 12.1 Å². The van der Waals surface area contributed by atoms with Crippen molar-refractivity contribution < 1.29 is 4.39 Å². The van der Waals surface area contributed by atoms with Crippen LogP contribution in [0.4, 0.5) is 10.2 Å². The molecule has 4 nitrogen and oxygen atoms in total. The minimum Gasteiger partial charge on any atom is -0.385 e. The highest BCUT2D eigenvalue weighted by Crippen LogP contribution is 2.15. The number of hydrogen-bond donors (Lipinski definition) is 2. The van der Waals surface area contributed by atoms with Crippen LogP contribution in [-0.4, -0.2) is 9.55 Å². The number of rotatable bonds is 1. The molecule has 2 rings (SSSR count). The first-order valence-corrected chi connectivity index (χ1v) is 4.87. The summed E-state index contributed by atoms with van der Waals surface area (Å²) in [5, 5.41) is 0. The Morgan fingerprint density at radius 2 is 2.06 bits per heavy atom. The lowest BCUT2D eigenvalue weighted by molar-refractivity contribution is 0.616. The Labute approximate surface area is 95.2 Å². The molecular formula is C10H8FN3OS. The standard InChI is InChI=1S/C10H8FN3OS/c11-6-3-1-2-4-7(6)14-8(12)5-9(15)13-10(14)16/h1-5H,12H2,(H,13,15,16). The number of nitrogens with zero attached hydrogens (tertiary/aromatic N) is 1. The van der Waals surface area contributed by atoms with Crippen LogP contribution < -0.4 is 11.3 Å². The highest BCUT2D eigenvalue weighted by Gasteiger charge is 2.07. The normalized spacial score (nSPS) is 10.3. The Hall–Kier alpha value is -1.95. The minimum atomic E-state index is -0.461. The zero-order valence-corrected chi connectivity index (χ0v) is 8.92. The number of anilines is 1. The van der Waals surface area contributed by atoms with Crippen molar-refractivity contribution in [1.29, 1.82) is 0 Å². The summed E-state index contributed by atoms with van der Waals surface area (Å²) in [6.45, 7) is 0. The molecule has 3 N–H and O–H groups in total. The number of nitrogen functional groups attached to an aromatic ring is 1. The highest BCUT2D eigenvalue weighted by atomic mass is 32.1. The number of H-pyrrole nitrogens is 1. The van der Waals surface area contributed by atoms with E-state index in [4.69, 9.17) is 18.0 Å². The Balaban J connectivity index is 2.80. The largest absolute Gasteiger partial charge is 0.385 e. The van der Waals surface area contributed by atoms with E-state index in [-0.39, 0.29) is 16.3 Å². The number of benzene rings is 1. The van der Waals surface area contributed by atoms with Crippen LogP contribution in [0, 0.1) is 10.6 Å². The number of aromatic nitrogens is 2. The topological polar surface area (TPSA) is 63.8 Å². The number of hydrogen-bond acceptors (Lipinski definition) is 3. The van der Waals surface area contributed by atoms with Gasteiger partial charge in [-0.05, 0) is 24.4 Å². The van der Waals surface area contributed by atoms with Crippen molar-refractivity contribution in [2.24, 2.45) is 0 Å². The van der Waals surface area contributed by atoms with Crippen molar-refractivity contribution in [3.63, 3.8) is 0 Å². The summed E-state index contributed by atoms with van der Waals surface area (Å²) in [7, 11) is 0. The number of nitrogens with one attached hydrogen (secondary N) is 1. The molecular weight excluding hydrogens is 229 g/mol. The van der Waals surface area contributed by atoms with Gasteiger partial charge in [-0.3, -0.25) is 14.3 Å². The second-order valence-electron chi connectivity index (χ2n) is 3.15. The second kappa shape index (κ2) is 3.90. The number of nitrogens with two attached hydrogens (primary N) is 1. The van der Waals surface area contributed by atoms with E-state index in [1.807, 2.05) is 0 Å². The Morgan fingerprint density at radius 1 is 1.38 bits per heavy atom. The zero-order chi connectivity index (χ0) is 11.7. The van der Waals surface area contributed by atoms with Gasteiger partial charge >= 0.3 is 0 Å². The van der Waals surface area contributed by atoms with Gasteiger partial charge < -0.3 is 5.73 Å². The van der Waals surface area contributed by atoms with Crippen LogP contribution in [0.2, 0.25) is 0 Å². The Morgan fingerprint density at radius 3 is 2.69 bits per heavy atom. The van der Waals surface area contributed by atoms with Gasteiger partial charge in [-0.2, -0.15) is 0 Å². The number of aromatic amines is 1. The van der Waals surface area contributed by atoms with Crippen LogP contribution in [0.25, 0.3) is 5.69 Å². The van der Waals surface area contributed by atoms with Gasteiger partial charge in [-0.1, -0.05) is 12.1 Å². The number of para-hydroxylation sites is 1. The van der Waals surface area contributed by atoms with Gasteiger partial charge in [-0.25, -0.2) is 4.39 Å². The van der Waals surface area contributed by atoms with Crippen LogP contribution in [0.3, 0.4) is 0 Å². The summed E-state index contributed by atoms with van der Waals surface area (Å²) in [6.07, 6.45) is 0. The van der Waals surface area contributed by atoms with E-state index in [9.17, 15) is 9.18 Å². The molecule has 0 atom stereocenters. The maximum Gasteiger partial charge on any atom is 0.253 e. The molecule has 1 aromatic carbocycles. The van der Waals surface area contributed by atoms with Gasteiger partial charge in [0.1, 0.15) is 11.6 Å². The molecule has 0 saturated heterocycles. The maximum atomic E-state index is 13.5.